The summed E-state index contributed by atoms with van der Waals surface area (Å²) in [6.07, 6.45) is 4.48. The van der Waals surface area contributed by atoms with Gasteiger partial charge in [0.2, 0.25) is 5.91 Å². The van der Waals surface area contributed by atoms with Crippen LogP contribution in [0.25, 0.3) is 0 Å². The Hall–Kier alpha value is -2.27. The smallest absolute Gasteiger partial charge is 0.234 e. The number of hydrogen-bond acceptors (Lipinski definition) is 2. The second-order valence-corrected chi connectivity index (χ2v) is 7.87. The fraction of sp³-hybridized carbons (Fsp3) is 0.435. The van der Waals surface area contributed by atoms with Crippen LogP contribution in [0.15, 0.2) is 48.5 Å². The Labute approximate surface area is 165 Å². The van der Waals surface area contributed by atoms with Crippen LogP contribution in [-0.2, 0) is 4.79 Å². The van der Waals surface area contributed by atoms with Gasteiger partial charge in [0.15, 0.2) is 0 Å². The van der Waals surface area contributed by atoms with E-state index in [4.69, 9.17) is 0 Å². The van der Waals surface area contributed by atoms with Gasteiger partial charge in [-0.05, 0) is 74.2 Å². The van der Waals surface area contributed by atoms with Crippen LogP contribution in [0.1, 0.15) is 42.7 Å². The topological polar surface area (TPSA) is 23.6 Å². The third kappa shape index (κ3) is 4.09. The molecule has 2 aliphatic heterocycles. The minimum atomic E-state index is -0.541. The normalized spacial score (nSPS) is 20.2. The van der Waals surface area contributed by atoms with Crippen molar-refractivity contribution in [3.05, 3.63) is 71.3 Å². The highest BCUT2D eigenvalue weighted by molar-refractivity contribution is 5.87. The van der Waals surface area contributed by atoms with Crippen LogP contribution in [0, 0.1) is 11.6 Å². The SMILES string of the molecule is O=C(C(c1ccc(F)cc1)c1ccc(F)cc1)N1CCC[C@H]1CN1CCCC1. The van der Waals surface area contributed by atoms with Gasteiger partial charge in [-0.3, -0.25) is 4.79 Å². The predicted octanol–water partition coefficient (Wildman–Crippen LogP) is 4.18. The highest BCUT2D eigenvalue weighted by Gasteiger charge is 2.35. The van der Waals surface area contributed by atoms with Gasteiger partial charge in [0.05, 0.1) is 5.92 Å². The summed E-state index contributed by atoms with van der Waals surface area (Å²) in [4.78, 5) is 18.1. The molecule has 0 N–H and O–H groups in total. The summed E-state index contributed by atoms with van der Waals surface area (Å²) in [6.45, 7) is 3.89. The van der Waals surface area contributed by atoms with E-state index in [1.807, 2.05) is 4.90 Å². The lowest BCUT2D eigenvalue weighted by Gasteiger charge is -2.32. The summed E-state index contributed by atoms with van der Waals surface area (Å²) in [6, 6.07) is 12.4. The van der Waals surface area contributed by atoms with E-state index < -0.39 is 5.92 Å². The molecule has 0 bridgehead atoms. The van der Waals surface area contributed by atoms with E-state index >= 15 is 0 Å². The van der Waals surface area contributed by atoms with E-state index in [1.54, 1.807) is 24.3 Å². The lowest BCUT2D eigenvalue weighted by atomic mass is 9.89. The molecule has 2 aromatic rings. The Bertz CT molecular complexity index is 755. The van der Waals surface area contributed by atoms with E-state index in [0.717, 1.165) is 50.1 Å². The molecule has 2 aliphatic rings. The van der Waals surface area contributed by atoms with Crippen molar-refractivity contribution >= 4 is 5.91 Å². The zero-order valence-electron chi connectivity index (χ0n) is 16.0. The summed E-state index contributed by atoms with van der Waals surface area (Å²) in [5, 5.41) is 0. The number of carbonyl (C=O) groups excluding carboxylic acids is 1. The van der Waals surface area contributed by atoms with E-state index in [9.17, 15) is 13.6 Å². The molecule has 148 valence electrons. The number of amides is 1. The third-order valence-electron chi connectivity index (χ3n) is 5.98. The molecular formula is C23H26F2N2O. The zero-order valence-corrected chi connectivity index (χ0v) is 16.0. The Morgan fingerprint density at radius 1 is 0.857 bits per heavy atom. The standard InChI is InChI=1S/C23H26F2N2O/c24-19-9-5-17(6-10-19)22(18-7-11-20(25)12-8-18)23(28)27-15-3-4-21(27)16-26-13-1-2-14-26/h5-12,21-22H,1-4,13-16H2/t21-/m0/s1. The fourth-order valence-electron chi connectivity index (χ4n) is 4.53. The molecule has 0 radical (unpaired) electrons. The Morgan fingerprint density at radius 2 is 1.39 bits per heavy atom. The predicted molar refractivity (Wildman–Crippen MR) is 105 cm³/mol. The van der Waals surface area contributed by atoms with Crippen LogP contribution in [0.4, 0.5) is 8.78 Å². The number of nitrogens with zero attached hydrogens (tertiary/aromatic N) is 2. The average molecular weight is 384 g/mol. The summed E-state index contributed by atoms with van der Waals surface area (Å²) >= 11 is 0. The zero-order chi connectivity index (χ0) is 19.5. The van der Waals surface area contributed by atoms with Crippen molar-refractivity contribution in [2.45, 2.75) is 37.6 Å². The molecule has 0 aromatic heterocycles. The van der Waals surface area contributed by atoms with E-state index in [2.05, 4.69) is 4.90 Å². The van der Waals surface area contributed by atoms with Crippen molar-refractivity contribution in [2.75, 3.05) is 26.2 Å². The fourth-order valence-corrected chi connectivity index (χ4v) is 4.53. The highest BCUT2D eigenvalue weighted by atomic mass is 19.1. The molecule has 0 spiro atoms. The maximum absolute atomic E-state index is 13.6. The van der Waals surface area contributed by atoms with Gasteiger partial charge >= 0.3 is 0 Å². The first kappa shape index (κ1) is 19.1. The second-order valence-electron chi connectivity index (χ2n) is 7.87. The quantitative estimate of drug-likeness (QED) is 0.772. The maximum atomic E-state index is 13.6. The van der Waals surface area contributed by atoms with Crippen LogP contribution in [0.3, 0.4) is 0 Å². The van der Waals surface area contributed by atoms with Gasteiger partial charge in [-0.2, -0.15) is 0 Å². The van der Waals surface area contributed by atoms with E-state index in [1.165, 1.54) is 37.1 Å². The Balaban J connectivity index is 1.62. The van der Waals surface area contributed by atoms with Crippen LogP contribution in [-0.4, -0.2) is 47.9 Å². The molecular weight excluding hydrogens is 358 g/mol. The average Bonchev–Trinajstić information content (AvgIpc) is 3.37. The van der Waals surface area contributed by atoms with Crippen molar-refractivity contribution in [1.29, 1.82) is 0 Å². The molecule has 1 amide bonds. The van der Waals surface area contributed by atoms with Gasteiger partial charge in [-0.1, -0.05) is 24.3 Å². The minimum Gasteiger partial charge on any atom is -0.338 e. The molecule has 3 nitrogen and oxygen atoms in total. The first-order chi connectivity index (χ1) is 13.6. The Morgan fingerprint density at radius 3 is 1.93 bits per heavy atom. The number of hydrogen-bond donors (Lipinski definition) is 0. The van der Waals surface area contributed by atoms with Gasteiger partial charge in [0, 0.05) is 19.1 Å². The second kappa shape index (κ2) is 8.39. The number of halogens is 2. The van der Waals surface area contributed by atoms with Gasteiger partial charge < -0.3 is 9.80 Å². The number of benzene rings is 2. The van der Waals surface area contributed by atoms with Crippen molar-refractivity contribution < 1.29 is 13.6 Å². The molecule has 2 fully saturated rings. The summed E-state index contributed by atoms with van der Waals surface area (Å²) in [5.41, 5.74) is 1.48. The first-order valence-electron chi connectivity index (χ1n) is 10.2. The summed E-state index contributed by atoms with van der Waals surface area (Å²) in [5.74, 6) is -1.18. The molecule has 2 aromatic carbocycles. The molecule has 2 heterocycles. The highest BCUT2D eigenvalue weighted by Crippen LogP contribution is 2.31. The van der Waals surface area contributed by atoms with Crippen molar-refractivity contribution in [2.24, 2.45) is 0 Å². The molecule has 5 heteroatoms. The van der Waals surface area contributed by atoms with Gasteiger partial charge in [0.25, 0.3) is 0 Å². The minimum absolute atomic E-state index is 0.0277. The van der Waals surface area contributed by atoms with Gasteiger partial charge in [-0.25, -0.2) is 8.78 Å². The largest absolute Gasteiger partial charge is 0.338 e. The number of rotatable bonds is 5. The van der Waals surface area contributed by atoms with E-state index in [-0.39, 0.29) is 23.6 Å². The monoisotopic (exact) mass is 384 g/mol. The van der Waals surface area contributed by atoms with Gasteiger partial charge in [0.1, 0.15) is 11.6 Å². The third-order valence-corrected chi connectivity index (χ3v) is 5.98. The molecule has 1 atom stereocenters. The Kier molecular flexibility index (Phi) is 5.72. The molecule has 0 saturated carbocycles. The lowest BCUT2D eigenvalue weighted by Crippen LogP contribution is -2.44. The molecule has 4 rings (SSSR count). The van der Waals surface area contributed by atoms with Crippen LogP contribution < -0.4 is 0 Å². The van der Waals surface area contributed by atoms with E-state index in [0.29, 0.717) is 0 Å². The van der Waals surface area contributed by atoms with Crippen molar-refractivity contribution in [1.82, 2.24) is 9.80 Å². The van der Waals surface area contributed by atoms with Crippen LogP contribution in [0.5, 0.6) is 0 Å². The molecule has 28 heavy (non-hydrogen) atoms. The van der Waals surface area contributed by atoms with Crippen LogP contribution >= 0.6 is 0 Å². The summed E-state index contributed by atoms with van der Waals surface area (Å²) in [7, 11) is 0. The molecule has 2 saturated heterocycles. The number of likely N-dealkylation sites (tertiary alicyclic amines) is 2. The van der Waals surface area contributed by atoms with Gasteiger partial charge in [-0.15, -0.1) is 0 Å². The summed E-state index contributed by atoms with van der Waals surface area (Å²) < 4.78 is 26.9. The molecule has 0 aliphatic carbocycles. The van der Waals surface area contributed by atoms with Crippen molar-refractivity contribution in [3.63, 3.8) is 0 Å². The molecule has 0 unspecified atom stereocenters. The number of carbonyl (C=O) groups is 1. The van der Waals surface area contributed by atoms with Crippen LogP contribution in [0.2, 0.25) is 0 Å². The van der Waals surface area contributed by atoms with Crippen molar-refractivity contribution in [3.8, 4) is 0 Å². The maximum Gasteiger partial charge on any atom is 0.234 e. The first-order valence-corrected chi connectivity index (χ1v) is 10.2. The lowest BCUT2D eigenvalue weighted by molar-refractivity contribution is -0.133.